The number of aryl methyl sites for hydroxylation is 2. The predicted molar refractivity (Wildman–Crippen MR) is 106 cm³/mol. The largest absolute Gasteiger partial charge is 0.507 e. The summed E-state index contributed by atoms with van der Waals surface area (Å²) in [6.45, 7) is 0. The molecule has 136 valence electrons. The van der Waals surface area contributed by atoms with Crippen LogP contribution in [0.4, 0.5) is 0 Å². The lowest BCUT2D eigenvalue weighted by Crippen LogP contribution is -2.16. The summed E-state index contributed by atoms with van der Waals surface area (Å²) in [5.41, 5.74) is 4.42. The molecule has 3 aromatic carbocycles. The lowest BCUT2D eigenvalue weighted by atomic mass is 9.82. The van der Waals surface area contributed by atoms with Crippen molar-refractivity contribution in [3.05, 3.63) is 94.0 Å². The Bertz CT molecular complexity index is 990. The number of benzene rings is 3. The molecule has 0 saturated carbocycles. The maximum absolute atomic E-state index is 12.9. The van der Waals surface area contributed by atoms with E-state index in [4.69, 9.17) is 0 Å². The van der Waals surface area contributed by atoms with E-state index in [2.05, 4.69) is 12.1 Å². The fourth-order valence-electron chi connectivity index (χ4n) is 3.89. The Balaban J connectivity index is 1.51. The van der Waals surface area contributed by atoms with Gasteiger partial charge in [0.15, 0.2) is 0 Å². The van der Waals surface area contributed by atoms with Crippen LogP contribution in [0.1, 0.15) is 51.0 Å². The SMILES string of the molecule is O=C1c2c(O)cccc2Cc2ccc(CCCCc3ccccc3)c(O)c21. The molecule has 0 spiro atoms. The van der Waals surface area contributed by atoms with Crippen molar-refractivity contribution in [3.8, 4) is 11.5 Å². The molecule has 0 saturated heterocycles. The third-order valence-electron chi connectivity index (χ3n) is 5.32. The van der Waals surface area contributed by atoms with E-state index in [0.29, 0.717) is 17.5 Å². The molecule has 0 bridgehead atoms. The van der Waals surface area contributed by atoms with E-state index in [0.717, 1.165) is 42.4 Å². The van der Waals surface area contributed by atoms with E-state index in [9.17, 15) is 15.0 Å². The molecular formula is C24H22O3. The smallest absolute Gasteiger partial charge is 0.201 e. The van der Waals surface area contributed by atoms with Crippen molar-refractivity contribution in [2.45, 2.75) is 32.1 Å². The first-order valence-electron chi connectivity index (χ1n) is 9.38. The first kappa shape index (κ1) is 17.3. The van der Waals surface area contributed by atoms with Gasteiger partial charge in [-0.25, -0.2) is 0 Å². The van der Waals surface area contributed by atoms with Crippen molar-refractivity contribution in [1.82, 2.24) is 0 Å². The Morgan fingerprint density at radius 1 is 0.741 bits per heavy atom. The van der Waals surface area contributed by atoms with Crippen LogP contribution in [0.15, 0.2) is 60.7 Å². The lowest BCUT2D eigenvalue weighted by molar-refractivity contribution is 0.102. The minimum Gasteiger partial charge on any atom is -0.507 e. The number of ketones is 1. The molecule has 1 aliphatic carbocycles. The quantitative estimate of drug-likeness (QED) is 0.504. The monoisotopic (exact) mass is 358 g/mol. The van der Waals surface area contributed by atoms with E-state index in [1.807, 2.05) is 36.4 Å². The second-order valence-electron chi connectivity index (χ2n) is 7.12. The van der Waals surface area contributed by atoms with Gasteiger partial charge >= 0.3 is 0 Å². The highest BCUT2D eigenvalue weighted by Gasteiger charge is 2.29. The summed E-state index contributed by atoms with van der Waals surface area (Å²) < 4.78 is 0. The molecule has 0 amide bonds. The van der Waals surface area contributed by atoms with Crippen LogP contribution in [-0.4, -0.2) is 16.0 Å². The number of hydrogen-bond donors (Lipinski definition) is 2. The Morgan fingerprint density at radius 3 is 2.30 bits per heavy atom. The van der Waals surface area contributed by atoms with Crippen LogP contribution in [0.2, 0.25) is 0 Å². The molecule has 4 rings (SSSR count). The molecule has 0 atom stereocenters. The standard InChI is InChI=1S/C24H22O3/c25-20-12-6-11-18-15-19-14-13-17(23(26)22(19)24(27)21(18)20)10-5-4-9-16-7-2-1-3-8-16/h1-3,6-8,11-14,25-26H,4-5,9-10,15H2. The molecule has 2 N–H and O–H groups in total. The summed E-state index contributed by atoms with van der Waals surface area (Å²) in [6.07, 6.45) is 4.25. The zero-order valence-corrected chi connectivity index (χ0v) is 15.1. The van der Waals surface area contributed by atoms with Crippen LogP contribution in [0.5, 0.6) is 11.5 Å². The van der Waals surface area contributed by atoms with Gasteiger partial charge in [0.2, 0.25) is 5.78 Å². The van der Waals surface area contributed by atoms with Crippen molar-refractivity contribution in [1.29, 1.82) is 0 Å². The summed E-state index contributed by atoms with van der Waals surface area (Å²) in [5.74, 6) is -0.227. The molecule has 27 heavy (non-hydrogen) atoms. The summed E-state index contributed by atoms with van der Waals surface area (Å²) >= 11 is 0. The molecule has 3 nitrogen and oxygen atoms in total. The minimum absolute atomic E-state index is 0.0178. The number of carbonyl (C=O) groups excluding carboxylic acids is 1. The molecule has 1 aliphatic rings. The van der Waals surface area contributed by atoms with Crippen molar-refractivity contribution >= 4 is 5.78 Å². The molecule has 0 fully saturated rings. The van der Waals surface area contributed by atoms with Crippen molar-refractivity contribution in [2.75, 3.05) is 0 Å². The topological polar surface area (TPSA) is 57.5 Å². The fourth-order valence-corrected chi connectivity index (χ4v) is 3.89. The summed E-state index contributed by atoms with van der Waals surface area (Å²) in [5, 5.41) is 20.8. The van der Waals surface area contributed by atoms with E-state index in [1.165, 1.54) is 11.6 Å². The summed E-state index contributed by atoms with van der Waals surface area (Å²) in [7, 11) is 0. The van der Waals surface area contributed by atoms with Crippen LogP contribution >= 0.6 is 0 Å². The fraction of sp³-hybridized carbons (Fsp3) is 0.208. The van der Waals surface area contributed by atoms with Crippen LogP contribution in [0.3, 0.4) is 0 Å². The second kappa shape index (κ2) is 7.28. The molecule has 3 heteroatoms. The number of carbonyl (C=O) groups is 1. The Labute approximate surface area is 158 Å². The first-order valence-corrected chi connectivity index (χ1v) is 9.38. The molecule has 0 unspecified atom stereocenters. The van der Waals surface area contributed by atoms with Gasteiger partial charge in [-0.1, -0.05) is 54.6 Å². The lowest BCUT2D eigenvalue weighted by Gasteiger charge is -2.21. The molecule has 0 radical (unpaired) electrons. The van der Waals surface area contributed by atoms with Crippen molar-refractivity contribution in [3.63, 3.8) is 0 Å². The van der Waals surface area contributed by atoms with Crippen molar-refractivity contribution in [2.24, 2.45) is 0 Å². The van der Waals surface area contributed by atoms with Crippen LogP contribution < -0.4 is 0 Å². The van der Waals surface area contributed by atoms with E-state index in [-0.39, 0.29) is 17.3 Å². The Hall–Kier alpha value is -3.07. The number of fused-ring (bicyclic) bond motifs is 2. The Morgan fingerprint density at radius 2 is 1.48 bits per heavy atom. The molecule has 0 aromatic heterocycles. The number of phenols is 2. The van der Waals surface area contributed by atoms with Crippen molar-refractivity contribution < 1.29 is 15.0 Å². The van der Waals surface area contributed by atoms with Gasteiger partial charge in [-0.2, -0.15) is 0 Å². The number of rotatable bonds is 5. The van der Waals surface area contributed by atoms with E-state index >= 15 is 0 Å². The second-order valence-corrected chi connectivity index (χ2v) is 7.12. The highest BCUT2D eigenvalue weighted by Crippen LogP contribution is 2.38. The van der Waals surface area contributed by atoms with E-state index in [1.54, 1.807) is 6.07 Å². The van der Waals surface area contributed by atoms with Gasteiger partial charge in [0, 0.05) is 0 Å². The third kappa shape index (κ3) is 3.33. The van der Waals surface area contributed by atoms with Gasteiger partial charge in [-0.3, -0.25) is 4.79 Å². The molecular weight excluding hydrogens is 336 g/mol. The van der Waals surface area contributed by atoms with E-state index < -0.39 is 0 Å². The van der Waals surface area contributed by atoms with Gasteiger partial charge in [0.25, 0.3) is 0 Å². The number of phenolic OH excluding ortho intramolecular Hbond substituents is 2. The number of unbranched alkanes of at least 4 members (excludes halogenated alkanes) is 1. The van der Waals surface area contributed by atoms with Gasteiger partial charge in [0.05, 0.1) is 11.1 Å². The maximum atomic E-state index is 12.9. The number of hydrogen-bond acceptors (Lipinski definition) is 3. The predicted octanol–water partition coefficient (Wildman–Crippen LogP) is 4.80. The normalized spacial score (nSPS) is 12.5. The highest BCUT2D eigenvalue weighted by molar-refractivity contribution is 6.15. The zero-order valence-electron chi connectivity index (χ0n) is 15.1. The van der Waals surface area contributed by atoms with Gasteiger partial charge in [-0.05, 0) is 60.4 Å². The van der Waals surface area contributed by atoms with Crippen LogP contribution in [0, 0.1) is 0 Å². The van der Waals surface area contributed by atoms with Gasteiger partial charge < -0.3 is 10.2 Å². The van der Waals surface area contributed by atoms with Crippen LogP contribution in [-0.2, 0) is 19.3 Å². The van der Waals surface area contributed by atoms with Gasteiger partial charge in [0.1, 0.15) is 11.5 Å². The Kier molecular flexibility index (Phi) is 4.68. The minimum atomic E-state index is -0.284. The first-order chi connectivity index (χ1) is 13.1. The molecule has 0 aliphatic heterocycles. The third-order valence-corrected chi connectivity index (χ3v) is 5.32. The number of aromatic hydroxyl groups is 2. The highest BCUT2D eigenvalue weighted by atomic mass is 16.3. The average molecular weight is 358 g/mol. The summed E-state index contributed by atoms with van der Waals surface area (Å²) in [6, 6.07) is 19.3. The molecule has 0 heterocycles. The zero-order chi connectivity index (χ0) is 18.8. The maximum Gasteiger partial charge on any atom is 0.201 e. The summed E-state index contributed by atoms with van der Waals surface area (Å²) in [4.78, 5) is 12.9. The average Bonchev–Trinajstić information content (AvgIpc) is 2.67. The van der Waals surface area contributed by atoms with Crippen LogP contribution in [0.25, 0.3) is 0 Å². The molecule has 3 aromatic rings. The van der Waals surface area contributed by atoms with Gasteiger partial charge in [-0.15, -0.1) is 0 Å².